The first-order valence-corrected chi connectivity index (χ1v) is 6.89. The summed E-state index contributed by atoms with van der Waals surface area (Å²) in [7, 11) is 0. The van der Waals surface area contributed by atoms with E-state index < -0.39 is 0 Å². The van der Waals surface area contributed by atoms with Crippen molar-refractivity contribution in [3.63, 3.8) is 0 Å². The first kappa shape index (κ1) is 12.2. The molecule has 1 N–H and O–H groups in total. The molecule has 86 valence electrons. The third-order valence-corrected chi connectivity index (χ3v) is 3.58. The van der Waals surface area contributed by atoms with E-state index in [-0.39, 0.29) is 12.5 Å². The molecule has 1 amide bonds. The van der Waals surface area contributed by atoms with E-state index in [0.29, 0.717) is 6.04 Å². The summed E-state index contributed by atoms with van der Waals surface area (Å²) in [6.07, 6.45) is 2.19. The maximum absolute atomic E-state index is 11.4. The number of carbonyl (C=O) groups excluding carboxylic acids is 1. The van der Waals surface area contributed by atoms with Crippen molar-refractivity contribution in [2.45, 2.75) is 18.9 Å². The van der Waals surface area contributed by atoms with Crippen LogP contribution in [0.25, 0.3) is 0 Å². The van der Waals surface area contributed by atoms with Crippen molar-refractivity contribution >= 4 is 44.4 Å². The maximum Gasteiger partial charge on any atom is 0.258 e. The fourth-order valence-corrected chi connectivity index (χ4v) is 2.06. The van der Waals surface area contributed by atoms with Gasteiger partial charge in [0.25, 0.3) is 5.91 Å². The van der Waals surface area contributed by atoms with Gasteiger partial charge in [-0.2, -0.15) is 0 Å². The van der Waals surface area contributed by atoms with Crippen LogP contribution in [0.1, 0.15) is 12.8 Å². The Kier molecular flexibility index (Phi) is 4.07. The molecule has 3 nitrogen and oxygen atoms in total. The van der Waals surface area contributed by atoms with Crippen molar-refractivity contribution in [3.8, 4) is 5.75 Å². The number of hydrogen-bond acceptors (Lipinski definition) is 2. The third kappa shape index (κ3) is 3.62. The lowest BCUT2D eigenvalue weighted by atomic mass is 10.3. The van der Waals surface area contributed by atoms with Gasteiger partial charge in [-0.15, -0.1) is 0 Å². The fraction of sp³-hybridized carbons (Fsp3) is 0.364. The molecular weight excluding hydrogens is 385 g/mol. The second-order valence-electron chi connectivity index (χ2n) is 3.71. The normalized spacial score (nSPS) is 14.6. The van der Waals surface area contributed by atoms with Gasteiger partial charge in [-0.25, -0.2) is 0 Å². The second-order valence-corrected chi connectivity index (χ2v) is 5.78. The van der Waals surface area contributed by atoms with Gasteiger partial charge in [0, 0.05) is 10.5 Å². The van der Waals surface area contributed by atoms with Crippen molar-refractivity contribution in [2.75, 3.05) is 6.61 Å². The summed E-state index contributed by atoms with van der Waals surface area (Å²) >= 11 is 5.55. The molecule has 1 fully saturated rings. The van der Waals surface area contributed by atoms with E-state index in [4.69, 9.17) is 4.74 Å². The minimum Gasteiger partial charge on any atom is -0.483 e. The topological polar surface area (TPSA) is 38.3 Å². The third-order valence-electron chi connectivity index (χ3n) is 2.19. The average molecular weight is 396 g/mol. The highest BCUT2D eigenvalue weighted by Crippen LogP contribution is 2.25. The smallest absolute Gasteiger partial charge is 0.258 e. The lowest BCUT2D eigenvalue weighted by Crippen LogP contribution is -2.30. The van der Waals surface area contributed by atoms with Gasteiger partial charge in [-0.1, -0.05) is 15.9 Å². The second kappa shape index (κ2) is 5.35. The summed E-state index contributed by atoms with van der Waals surface area (Å²) < 4.78 is 7.41. The average Bonchev–Trinajstić information content (AvgIpc) is 3.03. The van der Waals surface area contributed by atoms with Crippen LogP contribution in [0.2, 0.25) is 0 Å². The highest BCUT2D eigenvalue weighted by Gasteiger charge is 2.23. The van der Waals surface area contributed by atoms with E-state index in [1.54, 1.807) is 0 Å². The molecule has 1 saturated carbocycles. The summed E-state index contributed by atoms with van der Waals surface area (Å²) in [5, 5.41) is 2.88. The number of nitrogens with one attached hydrogen (secondary N) is 1. The summed E-state index contributed by atoms with van der Waals surface area (Å²) in [6.45, 7) is 0.0863. The first-order chi connectivity index (χ1) is 7.65. The molecule has 0 bridgehead atoms. The number of hydrogen-bond donors (Lipinski definition) is 1. The Hall–Kier alpha value is -0.300. The number of halogens is 2. The Labute approximate surface area is 116 Å². The van der Waals surface area contributed by atoms with Gasteiger partial charge < -0.3 is 10.1 Å². The van der Waals surface area contributed by atoms with Gasteiger partial charge in [0.05, 0.1) is 3.57 Å². The van der Waals surface area contributed by atoms with Gasteiger partial charge in [0.2, 0.25) is 0 Å². The fourth-order valence-electron chi connectivity index (χ4n) is 1.23. The highest BCUT2D eigenvalue weighted by atomic mass is 127. The van der Waals surface area contributed by atoms with Gasteiger partial charge in [-0.05, 0) is 53.6 Å². The summed E-state index contributed by atoms with van der Waals surface area (Å²) in [5.74, 6) is 0.694. The molecule has 0 spiro atoms. The van der Waals surface area contributed by atoms with Gasteiger partial charge in [0.1, 0.15) is 5.75 Å². The Balaban J connectivity index is 1.87. The minimum absolute atomic E-state index is 0.0433. The molecule has 1 aliphatic carbocycles. The zero-order chi connectivity index (χ0) is 11.5. The van der Waals surface area contributed by atoms with Crippen LogP contribution in [0.5, 0.6) is 5.75 Å². The summed E-state index contributed by atoms with van der Waals surface area (Å²) in [5.41, 5.74) is 0. The molecule has 5 heteroatoms. The van der Waals surface area contributed by atoms with E-state index in [9.17, 15) is 4.79 Å². The number of carbonyl (C=O) groups is 1. The van der Waals surface area contributed by atoms with Crippen LogP contribution in [0.3, 0.4) is 0 Å². The van der Waals surface area contributed by atoms with Crippen LogP contribution in [0.15, 0.2) is 22.7 Å². The van der Waals surface area contributed by atoms with Gasteiger partial charge in [0.15, 0.2) is 6.61 Å². The maximum atomic E-state index is 11.4. The summed E-state index contributed by atoms with van der Waals surface area (Å²) in [6, 6.07) is 6.14. The van der Waals surface area contributed by atoms with Crippen LogP contribution in [-0.2, 0) is 4.79 Å². The van der Waals surface area contributed by atoms with E-state index in [0.717, 1.165) is 26.6 Å². The monoisotopic (exact) mass is 395 g/mol. The molecule has 0 atom stereocenters. The van der Waals surface area contributed by atoms with E-state index in [1.807, 2.05) is 18.2 Å². The molecule has 0 aliphatic heterocycles. The van der Waals surface area contributed by atoms with Gasteiger partial charge >= 0.3 is 0 Å². The van der Waals surface area contributed by atoms with Crippen LogP contribution < -0.4 is 10.1 Å². The standard InChI is InChI=1S/C11H11BrINO2/c12-7-1-4-9(13)10(5-7)16-6-11(15)14-8-2-3-8/h1,4-5,8H,2-3,6H2,(H,14,15). The Morgan fingerprint density at radius 1 is 1.56 bits per heavy atom. The summed E-state index contributed by atoms with van der Waals surface area (Å²) in [4.78, 5) is 11.4. The van der Waals surface area contributed by atoms with Crippen molar-refractivity contribution in [3.05, 3.63) is 26.2 Å². The molecule has 1 aromatic carbocycles. The zero-order valence-electron chi connectivity index (χ0n) is 8.50. The molecule has 0 radical (unpaired) electrons. The number of rotatable bonds is 4. The zero-order valence-corrected chi connectivity index (χ0v) is 12.2. The molecule has 16 heavy (non-hydrogen) atoms. The van der Waals surface area contributed by atoms with E-state index >= 15 is 0 Å². The van der Waals surface area contributed by atoms with E-state index in [1.165, 1.54) is 0 Å². The van der Waals surface area contributed by atoms with Crippen molar-refractivity contribution in [1.82, 2.24) is 5.32 Å². The largest absolute Gasteiger partial charge is 0.483 e. The minimum atomic E-state index is -0.0433. The Bertz CT molecular complexity index is 407. The quantitative estimate of drug-likeness (QED) is 0.796. The van der Waals surface area contributed by atoms with Crippen LogP contribution in [0.4, 0.5) is 0 Å². The molecule has 0 unspecified atom stereocenters. The van der Waals surface area contributed by atoms with Crippen molar-refractivity contribution < 1.29 is 9.53 Å². The number of amides is 1. The number of ether oxygens (including phenoxy) is 1. The SMILES string of the molecule is O=C(COc1cc(Br)ccc1I)NC1CC1. The van der Waals surface area contributed by atoms with Gasteiger partial charge in [-0.3, -0.25) is 4.79 Å². The molecule has 0 heterocycles. The van der Waals surface area contributed by atoms with Crippen molar-refractivity contribution in [2.24, 2.45) is 0 Å². The molecule has 1 aromatic rings. The highest BCUT2D eigenvalue weighted by molar-refractivity contribution is 14.1. The van der Waals surface area contributed by atoms with Crippen LogP contribution in [-0.4, -0.2) is 18.6 Å². The predicted molar refractivity (Wildman–Crippen MR) is 73.5 cm³/mol. The first-order valence-electron chi connectivity index (χ1n) is 5.02. The molecular formula is C11H11BrINO2. The Morgan fingerprint density at radius 2 is 2.31 bits per heavy atom. The lowest BCUT2D eigenvalue weighted by Gasteiger charge is -2.08. The number of benzene rings is 1. The molecule has 2 rings (SSSR count). The molecule has 0 aromatic heterocycles. The molecule has 1 aliphatic rings. The predicted octanol–water partition coefficient (Wildman–Crippen LogP) is 2.71. The van der Waals surface area contributed by atoms with E-state index in [2.05, 4.69) is 43.8 Å². The van der Waals surface area contributed by atoms with Crippen molar-refractivity contribution in [1.29, 1.82) is 0 Å². The Morgan fingerprint density at radius 3 is 3.00 bits per heavy atom. The van der Waals surface area contributed by atoms with Crippen LogP contribution >= 0.6 is 38.5 Å². The molecule has 0 saturated heterocycles. The van der Waals surface area contributed by atoms with Crippen LogP contribution in [0, 0.1) is 3.57 Å². The lowest BCUT2D eigenvalue weighted by molar-refractivity contribution is -0.123.